The van der Waals surface area contributed by atoms with Crippen LogP contribution in [-0.2, 0) is 13.0 Å². The highest BCUT2D eigenvalue weighted by atomic mass is 32.1. The van der Waals surface area contributed by atoms with Gasteiger partial charge >= 0.3 is 0 Å². The van der Waals surface area contributed by atoms with Gasteiger partial charge in [0.1, 0.15) is 0 Å². The third-order valence-corrected chi connectivity index (χ3v) is 6.08. The van der Waals surface area contributed by atoms with E-state index < -0.39 is 0 Å². The van der Waals surface area contributed by atoms with Crippen LogP contribution < -0.4 is 5.32 Å². The van der Waals surface area contributed by atoms with Crippen molar-refractivity contribution < 1.29 is 4.79 Å². The van der Waals surface area contributed by atoms with Gasteiger partial charge in [0.05, 0.1) is 10.7 Å². The number of nitrogens with one attached hydrogen (secondary N) is 1. The fraction of sp³-hybridized carbons (Fsp3) is 0.348. The summed E-state index contributed by atoms with van der Waals surface area (Å²) in [4.78, 5) is 23.7. The first-order valence-electron chi connectivity index (χ1n) is 10.2. The molecule has 1 aliphatic rings. The molecular formula is C23H26N4OS. The molecule has 2 aromatic heterocycles. The van der Waals surface area contributed by atoms with Crippen LogP contribution in [0, 0.1) is 0 Å². The van der Waals surface area contributed by atoms with Gasteiger partial charge in [-0.1, -0.05) is 12.1 Å². The van der Waals surface area contributed by atoms with Crippen molar-refractivity contribution in [3.8, 4) is 11.3 Å². The van der Waals surface area contributed by atoms with Crippen LogP contribution in [0.25, 0.3) is 11.3 Å². The Labute approximate surface area is 175 Å². The maximum absolute atomic E-state index is 12.5. The minimum absolute atomic E-state index is 0.00452. The molecule has 1 amide bonds. The zero-order valence-corrected chi connectivity index (χ0v) is 17.3. The molecule has 3 aromatic rings. The predicted octanol–water partition coefficient (Wildman–Crippen LogP) is 4.16. The fourth-order valence-electron chi connectivity index (χ4n) is 3.63. The Morgan fingerprint density at radius 3 is 2.79 bits per heavy atom. The normalized spacial score (nSPS) is 14.2. The van der Waals surface area contributed by atoms with Gasteiger partial charge in [-0.25, -0.2) is 4.98 Å². The van der Waals surface area contributed by atoms with Crippen LogP contribution in [-0.4, -0.2) is 40.4 Å². The molecule has 1 fully saturated rings. The molecule has 4 rings (SSSR count). The van der Waals surface area contributed by atoms with Crippen molar-refractivity contribution in [3.05, 3.63) is 70.3 Å². The molecule has 1 aromatic carbocycles. The van der Waals surface area contributed by atoms with Gasteiger partial charge in [-0.3, -0.25) is 14.7 Å². The maximum atomic E-state index is 12.5. The van der Waals surface area contributed by atoms with Crippen molar-refractivity contribution in [2.45, 2.75) is 32.2 Å². The summed E-state index contributed by atoms with van der Waals surface area (Å²) in [5, 5.41) is 6.22. The number of carbonyl (C=O) groups excluding carboxylic acids is 1. The molecule has 0 spiro atoms. The lowest BCUT2D eigenvalue weighted by Crippen LogP contribution is -2.25. The van der Waals surface area contributed by atoms with Crippen molar-refractivity contribution in [2.75, 3.05) is 19.6 Å². The Balaban J connectivity index is 1.23. The molecule has 0 atom stereocenters. The number of amides is 1. The third kappa shape index (κ3) is 5.49. The molecule has 0 radical (unpaired) electrons. The van der Waals surface area contributed by atoms with Crippen LogP contribution in [0.2, 0.25) is 0 Å². The van der Waals surface area contributed by atoms with E-state index >= 15 is 0 Å². The molecule has 1 aliphatic heterocycles. The first kappa shape index (κ1) is 19.7. The number of hydrogen-bond donors (Lipinski definition) is 1. The van der Waals surface area contributed by atoms with Gasteiger partial charge in [0.25, 0.3) is 5.91 Å². The number of rotatable bonds is 8. The van der Waals surface area contributed by atoms with Gasteiger partial charge in [0.2, 0.25) is 0 Å². The summed E-state index contributed by atoms with van der Waals surface area (Å²) in [6, 6.07) is 11.9. The maximum Gasteiger partial charge on any atom is 0.251 e. The Hall–Kier alpha value is -2.57. The van der Waals surface area contributed by atoms with Crippen molar-refractivity contribution in [1.82, 2.24) is 20.2 Å². The monoisotopic (exact) mass is 406 g/mol. The number of thiazole rings is 1. The summed E-state index contributed by atoms with van der Waals surface area (Å²) >= 11 is 1.67. The van der Waals surface area contributed by atoms with E-state index in [4.69, 9.17) is 0 Å². The van der Waals surface area contributed by atoms with Gasteiger partial charge in [0.15, 0.2) is 0 Å². The second kappa shape index (κ2) is 9.76. The molecule has 150 valence electrons. The third-order valence-electron chi connectivity index (χ3n) is 5.17. The van der Waals surface area contributed by atoms with Crippen molar-refractivity contribution in [3.63, 3.8) is 0 Å². The van der Waals surface area contributed by atoms with E-state index in [9.17, 15) is 4.79 Å². The Morgan fingerprint density at radius 2 is 1.97 bits per heavy atom. The zero-order valence-electron chi connectivity index (χ0n) is 16.5. The molecule has 5 nitrogen and oxygen atoms in total. The lowest BCUT2D eigenvalue weighted by atomic mass is 10.1. The van der Waals surface area contributed by atoms with Crippen LogP contribution in [0.4, 0.5) is 0 Å². The van der Waals surface area contributed by atoms with E-state index in [1.165, 1.54) is 18.4 Å². The zero-order chi connectivity index (χ0) is 19.9. The predicted molar refractivity (Wildman–Crippen MR) is 117 cm³/mol. The van der Waals surface area contributed by atoms with E-state index in [0.29, 0.717) is 6.54 Å². The van der Waals surface area contributed by atoms with Crippen molar-refractivity contribution in [1.29, 1.82) is 0 Å². The number of carbonyl (C=O) groups is 1. The SMILES string of the molecule is O=C(NCCCc1nc(-c2ccncc2)cs1)c1cccc(CN2CCCC2)c1. The Morgan fingerprint density at radius 1 is 1.14 bits per heavy atom. The van der Waals surface area contributed by atoms with Crippen LogP contribution in [0.1, 0.15) is 40.2 Å². The first-order chi connectivity index (χ1) is 14.3. The second-order valence-corrected chi connectivity index (χ2v) is 8.35. The van der Waals surface area contributed by atoms with Crippen molar-refractivity contribution in [2.24, 2.45) is 0 Å². The van der Waals surface area contributed by atoms with Gasteiger partial charge in [-0.15, -0.1) is 11.3 Å². The van der Waals surface area contributed by atoms with Gasteiger partial charge < -0.3 is 5.32 Å². The van der Waals surface area contributed by atoms with Crippen LogP contribution >= 0.6 is 11.3 Å². The molecule has 0 bridgehead atoms. The van der Waals surface area contributed by atoms with Crippen LogP contribution in [0.3, 0.4) is 0 Å². The van der Waals surface area contributed by atoms with Crippen LogP contribution in [0.5, 0.6) is 0 Å². The number of aryl methyl sites for hydroxylation is 1. The first-order valence-corrected chi connectivity index (χ1v) is 11.1. The van der Waals surface area contributed by atoms with Crippen LogP contribution in [0.15, 0.2) is 54.2 Å². The standard InChI is InChI=1S/C23H26N4OS/c28-23(20-6-3-5-18(15-20)16-27-13-1-2-14-27)25-10-4-7-22-26-21(17-29-22)19-8-11-24-12-9-19/h3,5-6,8-9,11-12,15,17H,1-2,4,7,10,13-14,16H2,(H,25,28). The molecule has 0 saturated carbocycles. The molecule has 1 N–H and O–H groups in total. The van der Waals surface area contributed by atoms with E-state index in [1.807, 2.05) is 30.3 Å². The molecular weight excluding hydrogens is 380 g/mol. The average molecular weight is 407 g/mol. The summed E-state index contributed by atoms with van der Waals surface area (Å²) in [5.41, 5.74) is 4.04. The molecule has 1 saturated heterocycles. The molecule has 0 unspecified atom stereocenters. The summed E-state index contributed by atoms with van der Waals surface area (Å²) < 4.78 is 0. The summed E-state index contributed by atoms with van der Waals surface area (Å²) in [5.74, 6) is 0.00452. The number of hydrogen-bond acceptors (Lipinski definition) is 5. The smallest absolute Gasteiger partial charge is 0.251 e. The highest BCUT2D eigenvalue weighted by Crippen LogP contribution is 2.21. The summed E-state index contributed by atoms with van der Waals surface area (Å²) in [6.45, 7) is 3.91. The Kier molecular flexibility index (Phi) is 6.64. The fourth-order valence-corrected chi connectivity index (χ4v) is 4.48. The van der Waals surface area contributed by atoms with Gasteiger partial charge in [0, 0.05) is 48.4 Å². The number of likely N-dealkylation sites (tertiary alicyclic amines) is 1. The lowest BCUT2D eigenvalue weighted by Gasteiger charge is -2.15. The quantitative estimate of drug-likeness (QED) is 0.571. The Bertz CT molecular complexity index is 935. The van der Waals surface area contributed by atoms with Gasteiger partial charge in [-0.05, 0) is 62.2 Å². The summed E-state index contributed by atoms with van der Waals surface area (Å²) in [6.07, 6.45) is 7.87. The number of benzene rings is 1. The number of aromatic nitrogens is 2. The van der Waals surface area contributed by atoms with E-state index in [2.05, 4.69) is 31.6 Å². The minimum atomic E-state index is 0.00452. The second-order valence-electron chi connectivity index (χ2n) is 7.41. The average Bonchev–Trinajstić information content (AvgIpc) is 3.44. The molecule has 3 heterocycles. The number of pyridine rings is 1. The molecule has 0 aliphatic carbocycles. The van der Waals surface area contributed by atoms with Gasteiger partial charge in [-0.2, -0.15) is 0 Å². The van der Waals surface area contributed by atoms with E-state index in [1.54, 1.807) is 23.7 Å². The number of nitrogens with zero attached hydrogens (tertiary/aromatic N) is 3. The highest BCUT2D eigenvalue weighted by Gasteiger charge is 2.13. The van der Waals surface area contributed by atoms with E-state index in [0.717, 1.165) is 54.3 Å². The summed E-state index contributed by atoms with van der Waals surface area (Å²) in [7, 11) is 0. The lowest BCUT2D eigenvalue weighted by molar-refractivity contribution is 0.0953. The topological polar surface area (TPSA) is 58.1 Å². The van der Waals surface area contributed by atoms with Crippen molar-refractivity contribution >= 4 is 17.2 Å². The largest absolute Gasteiger partial charge is 0.352 e. The minimum Gasteiger partial charge on any atom is -0.352 e. The van der Waals surface area contributed by atoms with E-state index in [-0.39, 0.29) is 5.91 Å². The molecule has 6 heteroatoms. The molecule has 29 heavy (non-hydrogen) atoms. The highest BCUT2D eigenvalue weighted by molar-refractivity contribution is 7.09.